The summed E-state index contributed by atoms with van der Waals surface area (Å²) in [6, 6.07) is 1.93. The van der Waals surface area contributed by atoms with Crippen LogP contribution in [0.5, 0.6) is 0 Å². The number of rotatable bonds is 5. The maximum absolute atomic E-state index is 5.57. The number of imidazole rings is 1. The van der Waals surface area contributed by atoms with Crippen molar-refractivity contribution < 1.29 is 0 Å². The zero-order chi connectivity index (χ0) is 14.8. The van der Waals surface area contributed by atoms with Crippen molar-refractivity contribution >= 4 is 22.1 Å². The van der Waals surface area contributed by atoms with Gasteiger partial charge in [0, 0.05) is 18.2 Å². The van der Waals surface area contributed by atoms with Crippen molar-refractivity contribution in [3.8, 4) is 0 Å². The fraction of sp³-hybridized carbons (Fsp3) is 0.385. The van der Waals surface area contributed by atoms with E-state index in [9.17, 15) is 0 Å². The van der Waals surface area contributed by atoms with E-state index < -0.39 is 0 Å². The van der Waals surface area contributed by atoms with Crippen LogP contribution < -0.4 is 11.1 Å². The standard InChI is InChI=1S/C13H17N7S/c1-8-16-10(3-4-14)5-12(17-8)15-6-11-7-20-13(18-11)21-9(2)19-20/h5,7H,3-4,6,14H2,1-2H3,(H,15,16,17). The van der Waals surface area contributed by atoms with Gasteiger partial charge in [0.15, 0.2) is 0 Å². The van der Waals surface area contributed by atoms with Crippen LogP contribution in [0.2, 0.25) is 0 Å². The summed E-state index contributed by atoms with van der Waals surface area (Å²) >= 11 is 1.58. The van der Waals surface area contributed by atoms with Crippen molar-refractivity contribution in [1.82, 2.24) is 24.6 Å². The Labute approximate surface area is 126 Å². The molecule has 0 amide bonds. The second-order valence-corrected chi connectivity index (χ2v) is 5.92. The predicted molar refractivity (Wildman–Crippen MR) is 82.5 cm³/mol. The fourth-order valence-corrected chi connectivity index (χ4v) is 2.85. The molecule has 0 atom stereocenters. The van der Waals surface area contributed by atoms with Crippen molar-refractivity contribution in [1.29, 1.82) is 0 Å². The number of anilines is 1. The van der Waals surface area contributed by atoms with E-state index in [2.05, 4.69) is 25.4 Å². The number of nitrogens with zero attached hydrogens (tertiary/aromatic N) is 5. The first-order valence-corrected chi connectivity index (χ1v) is 7.56. The molecule has 0 aliphatic carbocycles. The van der Waals surface area contributed by atoms with Crippen molar-refractivity contribution in [2.45, 2.75) is 26.8 Å². The Morgan fingerprint density at radius 3 is 2.86 bits per heavy atom. The van der Waals surface area contributed by atoms with E-state index in [-0.39, 0.29) is 0 Å². The molecule has 21 heavy (non-hydrogen) atoms. The molecule has 3 N–H and O–H groups in total. The van der Waals surface area contributed by atoms with Crippen LogP contribution >= 0.6 is 11.3 Å². The Hall–Kier alpha value is -2.06. The summed E-state index contributed by atoms with van der Waals surface area (Å²) in [5.41, 5.74) is 7.46. The van der Waals surface area contributed by atoms with E-state index in [0.717, 1.165) is 39.4 Å². The summed E-state index contributed by atoms with van der Waals surface area (Å²) in [6.45, 7) is 5.04. The molecule has 3 heterocycles. The van der Waals surface area contributed by atoms with Gasteiger partial charge in [0.2, 0.25) is 4.96 Å². The van der Waals surface area contributed by atoms with E-state index in [0.29, 0.717) is 13.1 Å². The Bertz CT molecular complexity index is 730. The number of hydrogen-bond acceptors (Lipinski definition) is 7. The average Bonchev–Trinajstić information content (AvgIpc) is 2.93. The maximum Gasteiger partial charge on any atom is 0.212 e. The highest BCUT2D eigenvalue weighted by Gasteiger charge is 2.07. The first kappa shape index (κ1) is 13.9. The molecule has 0 aliphatic heterocycles. The SMILES string of the molecule is Cc1nc(CCN)cc(NCc2cn3nc(C)sc3n2)n1. The highest BCUT2D eigenvalue weighted by molar-refractivity contribution is 7.16. The van der Waals surface area contributed by atoms with Crippen LogP contribution in [0, 0.1) is 13.8 Å². The van der Waals surface area contributed by atoms with Gasteiger partial charge in [-0.25, -0.2) is 19.5 Å². The molecule has 110 valence electrons. The lowest BCUT2D eigenvalue weighted by Gasteiger charge is -2.06. The van der Waals surface area contributed by atoms with Crippen LogP contribution in [-0.2, 0) is 13.0 Å². The van der Waals surface area contributed by atoms with Gasteiger partial charge in [0.25, 0.3) is 0 Å². The minimum absolute atomic E-state index is 0.582. The van der Waals surface area contributed by atoms with Crippen LogP contribution in [0.15, 0.2) is 12.3 Å². The highest BCUT2D eigenvalue weighted by Crippen LogP contribution is 2.14. The molecule has 0 saturated heterocycles. The van der Waals surface area contributed by atoms with Gasteiger partial charge < -0.3 is 11.1 Å². The van der Waals surface area contributed by atoms with Crippen molar-refractivity contribution in [3.63, 3.8) is 0 Å². The average molecular weight is 303 g/mol. The quantitative estimate of drug-likeness (QED) is 0.738. The third-order valence-electron chi connectivity index (χ3n) is 2.94. The lowest BCUT2D eigenvalue weighted by molar-refractivity contribution is 0.884. The van der Waals surface area contributed by atoms with Gasteiger partial charge in [-0.05, 0) is 20.4 Å². The first-order chi connectivity index (χ1) is 10.1. The third-order valence-corrected chi connectivity index (χ3v) is 3.77. The summed E-state index contributed by atoms with van der Waals surface area (Å²) in [5.74, 6) is 1.54. The van der Waals surface area contributed by atoms with E-state index in [1.165, 1.54) is 0 Å². The molecule has 0 saturated carbocycles. The number of aromatic nitrogens is 5. The van der Waals surface area contributed by atoms with Gasteiger partial charge in [0.1, 0.15) is 16.6 Å². The highest BCUT2D eigenvalue weighted by atomic mass is 32.1. The topological polar surface area (TPSA) is 94.0 Å². The smallest absolute Gasteiger partial charge is 0.212 e. The monoisotopic (exact) mass is 303 g/mol. The maximum atomic E-state index is 5.57. The fourth-order valence-electron chi connectivity index (χ4n) is 2.11. The first-order valence-electron chi connectivity index (χ1n) is 6.74. The van der Waals surface area contributed by atoms with Crippen molar-refractivity contribution in [2.24, 2.45) is 5.73 Å². The zero-order valence-corrected chi connectivity index (χ0v) is 12.8. The van der Waals surface area contributed by atoms with E-state index >= 15 is 0 Å². The van der Waals surface area contributed by atoms with E-state index in [1.807, 2.05) is 30.6 Å². The zero-order valence-electron chi connectivity index (χ0n) is 12.0. The van der Waals surface area contributed by atoms with Crippen molar-refractivity contribution in [3.05, 3.63) is 34.5 Å². The van der Waals surface area contributed by atoms with Gasteiger partial charge in [-0.1, -0.05) is 11.3 Å². The molecule has 8 heteroatoms. The van der Waals surface area contributed by atoms with Crippen LogP contribution in [-0.4, -0.2) is 31.1 Å². The van der Waals surface area contributed by atoms with Crippen LogP contribution in [0.4, 0.5) is 5.82 Å². The summed E-state index contributed by atoms with van der Waals surface area (Å²) in [4.78, 5) is 14.2. The van der Waals surface area contributed by atoms with Gasteiger partial charge in [-0.3, -0.25) is 0 Å². The normalized spacial score (nSPS) is 11.2. The minimum atomic E-state index is 0.582. The van der Waals surface area contributed by atoms with Gasteiger partial charge in [-0.2, -0.15) is 5.10 Å². The van der Waals surface area contributed by atoms with Gasteiger partial charge in [-0.15, -0.1) is 0 Å². The predicted octanol–water partition coefficient (Wildman–Crippen LogP) is 1.31. The largest absolute Gasteiger partial charge is 0.364 e. The Kier molecular flexibility index (Phi) is 3.80. The number of hydrogen-bond donors (Lipinski definition) is 2. The van der Waals surface area contributed by atoms with E-state index in [4.69, 9.17) is 5.73 Å². The van der Waals surface area contributed by atoms with Gasteiger partial charge in [0.05, 0.1) is 18.4 Å². The summed E-state index contributed by atoms with van der Waals surface area (Å²) in [7, 11) is 0. The molecule has 3 aromatic heterocycles. The number of fused-ring (bicyclic) bond motifs is 1. The number of aryl methyl sites for hydroxylation is 2. The lowest BCUT2D eigenvalue weighted by Crippen LogP contribution is -2.08. The number of nitrogens with two attached hydrogens (primary N) is 1. The second kappa shape index (κ2) is 5.74. The van der Waals surface area contributed by atoms with Crippen LogP contribution in [0.1, 0.15) is 22.2 Å². The number of nitrogens with one attached hydrogen (secondary N) is 1. The van der Waals surface area contributed by atoms with Crippen molar-refractivity contribution in [2.75, 3.05) is 11.9 Å². The Balaban J connectivity index is 1.72. The van der Waals surface area contributed by atoms with Gasteiger partial charge >= 0.3 is 0 Å². The summed E-state index contributed by atoms with van der Waals surface area (Å²) in [6.07, 6.45) is 2.68. The van der Waals surface area contributed by atoms with Crippen LogP contribution in [0.25, 0.3) is 4.96 Å². The molecule has 0 aliphatic rings. The second-order valence-electron chi connectivity index (χ2n) is 4.76. The summed E-state index contributed by atoms with van der Waals surface area (Å²) < 4.78 is 1.81. The molecule has 0 aromatic carbocycles. The molecular formula is C13H17N7S. The molecule has 0 unspecified atom stereocenters. The minimum Gasteiger partial charge on any atom is -0.364 e. The van der Waals surface area contributed by atoms with Crippen LogP contribution in [0.3, 0.4) is 0 Å². The molecule has 0 fully saturated rings. The molecule has 7 nitrogen and oxygen atoms in total. The molecule has 0 radical (unpaired) electrons. The lowest BCUT2D eigenvalue weighted by atomic mass is 10.3. The molecule has 0 spiro atoms. The molecule has 0 bridgehead atoms. The summed E-state index contributed by atoms with van der Waals surface area (Å²) in [5, 5.41) is 8.63. The molecule has 3 rings (SSSR count). The third kappa shape index (κ3) is 3.17. The van der Waals surface area contributed by atoms with E-state index in [1.54, 1.807) is 11.3 Å². The Morgan fingerprint density at radius 2 is 2.10 bits per heavy atom. The molecule has 3 aromatic rings. The Morgan fingerprint density at radius 1 is 1.24 bits per heavy atom. The molecular weight excluding hydrogens is 286 g/mol.